The average Bonchev–Trinajstić information content (AvgIpc) is 3.09. The monoisotopic (exact) mass is 620 g/mol. The number of carbonyl (C=O) groups excluding carboxylic acids is 2. The van der Waals surface area contributed by atoms with Crippen molar-refractivity contribution in [3.63, 3.8) is 0 Å². The van der Waals surface area contributed by atoms with E-state index in [-0.39, 0.29) is 12.4 Å². The third-order valence-electron chi connectivity index (χ3n) is 4.93. The fourth-order valence-electron chi connectivity index (χ4n) is 3.09. The van der Waals surface area contributed by atoms with Gasteiger partial charge in [-0.2, -0.15) is 0 Å². The molecule has 4 heteroatoms. The summed E-state index contributed by atoms with van der Waals surface area (Å²) in [6.45, 7) is 22.2. The van der Waals surface area contributed by atoms with Crippen LogP contribution in [-0.2, 0) is 22.5 Å². The number of allylic oxidation sites excluding steroid dienone is 4. The zero-order valence-electron chi connectivity index (χ0n) is 28.1. The molecule has 4 aromatic carbocycles. The molecule has 0 aromatic heterocycles. The molecule has 4 aromatic rings. The molecule has 0 spiro atoms. The minimum atomic E-state index is -0.486. The summed E-state index contributed by atoms with van der Waals surface area (Å²) in [5, 5.41) is 0. The van der Waals surface area contributed by atoms with E-state index in [4.69, 9.17) is 9.47 Å². The van der Waals surface area contributed by atoms with Gasteiger partial charge in [0, 0.05) is 5.56 Å². The second-order valence-corrected chi connectivity index (χ2v) is 9.14. The zero-order valence-corrected chi connectivity index (χ0v) is 28.1. The van der Waals surface area contributed by atoms with Crippen molar-refractivity contribution in [1.29, 1.82) is 0 Å². The summed E-state index contributed by atoms with van der Waals surface area (Å²) in [5.41, 5.74) is 3.54. The van der Waals surface area contributed by atoms with Crippen LogP contribution in [0.2, 0.25) is 0 Å². The number of benzene rings is 4. The highest BCUT2D eigenvalue weighted by Crippen LogP contribution is 2.05. The molecule has 0 N–H and O–H groups in total. The summed E-state index contributed by atoms with van der Waals surface area (Å²) in [4.78, 5) is 23.3. The van der Waals surface area contributed by atoms with E-state index in [0.29, 0.717) is 17.7 Å². The van der Waals surface area contributed by atoms with E-state index in [1.165, 1.54) is 11.1 Å². The molecule has 0 fully saturated rings. The number of ketones is 1. The van der Waals surface area contributed by atoms with Gasteiger partial charge in [0.2, 0.25) is 0 Å². The van der Waals surface area contributed by atoms with Crippen LogP contribution >= 0.6 is 0 Å². The summed E-state index contributed by atoms with van der Waals surface area (Å²) < 4.78 is 10.6. The molecule has 0 unspecified atom stereocenters. The predicted molar refractivity (Wildman–Crippen MR) is 197 cm³/mol. The van der Waals surface area contributed by atoms with Gasteiger partial charge in [0.15, 0.2) is 12.4 Å². The van der Waals surface area contributed by atoms with Crippen molar-refractivity contribution in [2.45, 2.75) is 40.7 Å². The minimum Gasteiger partial charge on any atom is -0.454 e. The number of hydrogen-bond donors (Lipinski definition) is 0. The Balaban J connectivity index is 0. The smallest absolute Gasteiger partial charge is 0.338 e. The molecule has 4 rings (SSSR count). The highest BCUT2D eigenvalue weighted by atomic mass is 16.5. The van der Waals surface area contributed by atoms with Crippen LogP contribution in [0, 0.1) is 0 Å². The molecule has 0 radical (unpaired) electrons. The van der Waals surface area contributed by atoms with Gasteiger partial charge in [-0.05, 0) is 57.4 Å². The second kappa shape index (κ2) is 32.8. The van der Waals surface area contributed by atoms with Crippen molar-refractivity contribution >= 4 is 11.8 Å². The van der Waals surface area contributed by atoms with Crippen LogP contribution in [0.4, 0.5) is 0 Å². The normalized spacial score (nSPS) is 8.52. The Kier molecular flexibility index (Phi) is 30.8. The molecule has 0 heterocycles. The Morgan fingerprint density at radius 3 is 1.30 bits per heavy atom. The molecule has 0 atom stereocenters. The fraction of sp³-hybridized carbons (Fsp3) is 0.190. The van der Waals surface area contributed by atoms with Gasteiger partial charge < -0.3 is 9.47 Å². The first-order valence-corrected chi connectivity index (χ1v) is 15.1. The van der Waals surface area contributed by atoms with E-state index in [1.54, 1.807) is 72.8 Å². The van der Waals surface area contributed by atoms with Crippen LogP contribution < -0.4 is 0 Å². The third kappa shape index (κ3) is 25.4. The maximum Gasteiger partial charge on any atom is 0.338 e. The molecule has 0 saturated heterocycles. The van der Waals surface area contributed by atoms with Crippen molar-refractivity contribution in [3.8, 4) is 0 Å². The van der Waals surface area contributed by atoms with E-state index >= 15 is 0 Å². The molecular formula is C42H52O4. The molecule has 4 nitrogen and oxygen atoms in total. The van der Waals surface area contributed by atoms with E-state index in [1.807, 2.05) is 64.1 Å². The molecule has 0 aliphatic heterocycles. The zero-order chi connectivity index (χ0) is 34.7. The van der Waals surface area contributed by atoms with Crippen LogP contribution in [0.1, 0.15) is 59.5 Å². The predicted octanol–water partition coefficient (Wildman–Crippen LogP) is 10.9. The number of Topliss-reactive ketones (excluding diaryl/α,β-unsaturated/α-hetero) is 1. The van der Waals surface area contributed by atoms with Crippen LogP contribution in [0.5, 0.6) is 0 Å². The summed E-state index contributed by atoms with van der Waals surface area (Å²) in [6.07, 6.45) is 7.98. The third-order valence-corrected chi connectivity index (χ3v) is 4.93. The summed E-state index contributed by atoms with van der Waals surface area (Å²) in [7, 11) is 0. The Hall–Kier alpha value is -5.06. The quantitative estimate of drug-likeness (QED) is 0.0808. The first-order valence-electron chi connectivity index (χ1n) is 15.1. The van der Waals surface area contributed by atoms with Crippen molar-refractivity contribution in [1.82, 2.24) is 0 Å². The van der Waals surface area contributed by atoms with Crippen LogP contribution in [0.15, 0.2) is 172 Å². The highest BCUT2D eigenvalue weighted by Gasteiger charge is 2.10. The minimum absolute atomic E-state index is 0.208. The Morgan fingerprint density at radius 1 is 0.543 bits per heavy atom. The molecule has 0 saturated carbocycles. The lowest BCUT2D eigenvalue weighted by Gasteiger charge is -2.04. The number of esters is 1. The van der Waals surface area contributed by atoms with Crippen molar-refractivity contribution < 1.29 is 19.1 Å². The van der Waals surface area contributed by atoms with Crippen LogP contribution in [0.3, 0.4) is 0 Å². The summed E-state index contributed by atoms with van der Waals surface area (Å²) in [5.74, 6) is -0.695. The van der Waals surface area contributed by atoms with Crippen molar-refractivity contribution in [2.75, 3.05) is 13.2 Å². The van der Waals surface area contributed by atoms with Crippen LogP contribution in [-0.4, -0.2) is 25.0 Å². The van der Waals surface area contributed by atoms with Gasteiger partial charge in [-0.3, -0.25) is 4.79 Å². The van der Waals surface area contributed by atoms with E-state index in [9.17, 15) is 9.59 Å². The molecule has 0 aliphatic carbocycles. The SMILES string of the molecule is C=CC.C=CC.C=CC.C=CC.O=C(COC(=O)c1ccccc1)c1ccccc1.c1ccc(CCOCc2ccccc2)cc1. The molecule has 0 aliphatic rings. The van der Waals surface area contributed by atoms with Gasteiger partial charge in [0.25, 0.3) is 0 Å². The Bertz CT molecular complexity index is 1180. The lowest BCUT2D eigenvalue weighted by atomic mass is 10.1. The maximum atomic E-state index is 11.7. The van der Waals surface area contributed by atoms with Gasteiger partial charge in [0.05, 0.1) is 18.8 Å². The average molecular weight is 621 g/mol. The van der Waals surface area contributed by atoms with Gasteiger partial charge in [-0.15, -0.1) is 26.3 Å². The van der Waals surface area contributed by atoms with Gasteiger partial charge in [-0.1, -0.05) is 133 Å². The van der Waals surface area contributed by atoms with E-state index in [0.717, 1.165) is 13.0 Å². The first kappa shape index (κ1) is 43.1. The molecule has 0 amide bonds. The van der Waals surface area contributed by atoms with Crippen molar-refractivity contribution in [2.24, 2.45) is 0 Å². The second-order valence-electron chi connectivity index (χ2n) is 9.14. The topological polar surface area (TPSA) is 52.6 Å². The summed E-state index contributed by atoms with van der Waals surface area (Å²) >= 11 is 0. The number of carbonyl (C=O) groups is 2. The number of hydrogen-bond acceptors (Lipinski definition) is 4. The lowest BCUT2D eigenvalue weighted by molar-refractivity contribution is 0.0475. The first-order chi connectivity index (χ1) is 22.4. The van der Waals surface area contributed by atoms with E-state index in [2.05, 4.69) is 62.7 Å². The Labute approximate surface area is 278 Å². The number of ether oxygens (including phenoxy) is 2. The molecule has 0 bridgehead atoms. The highest BCUT2D eigenvalue weighted by molar-refractivity contribution is 5.99. The fourth-order valence-corrected chi connectivity index (χ4v) is 3.09. The lowest BCUT2D eigenvalue weighted by Crippen LogP contribution is -2.14. The van der Waals surface area contributed by atoms with Crippen LogP contribution in [0.25, 0.3) is 0 Å². The van der Waals surface area contributed by atoms with Gasteiger partial charge in [-0.25, -0.2) is 4.79 Å². The Morgan fingerprint density at radius 2 is 0.891 bits per heavy atom. The maximum absolute atomic E-state index is 11.7. The molecular weight excluding hydrogens is 568 g/mol. The largest absolute Gasteiger partial charge is 0.454 e. The van der Waals surface area contributed by atoms with Gasteiger partial charge in [0.1, 0.15) is 0 Å². The molecule has 244 valence electrons. The van der Waals surface area contributed by atoms with E-state index < -0.39 is 5.97 Å². The summed E-state index contributed by atoms with van der Waals surface area (Å²) in [6, 6.07) is 38.0. The van der Waals surface area contributed by atoms with Gasteiger partial charge >= 0.3 is 5.97 Å². The van der Waals surface area contributed by atoms with Crippen molar-refractivity contribution in [3.05, 3.63) is 194 Å². The number of rotatable bonds is 9. The molecule has 46 heavy (non-hydrogen) atoms. The standard InChI is InChI=1S/C15H12O3.C15H16O.4C3H6/c16-14(12-7-3-1-4-8-12)11-18-15(17)13-9-5-2-6-10-13;1-3-7-14(8-4-1)11-12-16-13-15-9-5-2-6-10-15;4*1-3-2/h1-10H,11H2;1-10H,11-13H2;4*3H,1H2,2H3.